The van der Waals surface area contributed by atoms with E-state index in [1.807, 2.05) is 74.5 Å². The van der Waals surface area contributed by atoms with Crippen molar-refractivity contribution in [2.75, 3.05) is 11.9 Å². The lowest BCUT2D eigenvalue weighted by Gasteiger charge is -2.14. The lowest BCUT2D eigenvalue weighted by Crippen LogP contribution is -2.36. The van der Waals surface area contributed by atoms with Gasteiger partial charge in [0, 0.05) is 16.3 Å². The van der Waals surface area contributed by atoms with Crippen molar-refractivity contribution in [3.63, 3.8) is 0 Å². The summed E-state index contributed by atoms with van der Waals surface area (Å²) in [7, 11) is 0. The van der Waals surface area contributed by atoms with Crippen LogP contribution < -0.4 is 10.1 Å². The van der Waals surface area contributed by atoms with Gasteiger partial charge >= 0.3 is 0 Å². The molecule has 196 valence electrons. The molecule has 0 aromatic heterocycles. The number of hydrogen-bond donors (Lipinski definition) is 1. The average Bonchev–Trinajstić information content (AvgIpc) is 3.19. The molecule has 1 heterocycles. The van der Waals surface area contributed by atoms with Gasteiger partial charge in [0.05, 0.1) is 4.91 Å². The fourth-order valence-electron chi connectivity index (χ4n) is 4.28. The summed E-state index contributed by atoms with van der Waals surface area (Å²) in [6, 6.07) is 24.5. The molecule has 39 heavy (non-hydrogen) atoms. The molecule has 6 nitrogen and oxygen atoms in total. The molecule has 1 aliphatic rings. The Morgan fingerprint density at radius 1 is 0.974 bits per heavy atom. The first-order chi connectivity index (χ1) is 18.8. The Labute approximate surface area is 235 Å². The van der Waals surface area contributed by atoms with E-state index in [2.05, 4.69) is 5.32 Å². The van der Waals surface area contributed by atoms with Crippen molar-refractivity contribution in [1.82, 2.24) is 4.90 Å². The van der Waals surface area contributed by atoms with Gasteiger partial charge in [0.15, 0.2) is 0 Å². The Morgan fingerprint density at radius 2 is 1.74 bits per heavy atom. The number of hydrogen-bond acceptors (Lipinski definition) is 5. The molecule has 1 fully saturated rings. The highest BCUT2D eigenvalue weighted by Crippen LogP contribution is 2.37. The van der Waals surface area contributed by atoms with Gasteiger partial charge in [0.25, 0.3) is 11.1 Å². The van der Waals surface area contributed by atoms with Crippen LogP contribution in [0.2, 0.25) is 5.02 Å². The van der Waals surface area contributed by atoms with Crippen LogP contribution in [0, 0.1) is 13.8 Å². The van der Waals surface area contributed by atoms with E-state index in [1.54, 1.807) is 24.3 Å². The van der Waals surface area contributed by atoms with E-state index < -0.39 is 17.1 Å². The third-order valence-electron chi connectivity index (χ3n) is 6.57. The maximum Gasteiger partial charge on any atom is 0.294 e. The van der Waals surface area contributed by atoms with E-state index in [1.165, 1.54) is 0 Å². The van der Waals surface area contributed by atoms with Gasteiger partial charge in [-0.2, -0.15) is 0 Å². The number of halogens is 1. The number of carbonyl (C=O) groups is 3. The van der Waals surface area contributed by atoms with E-state index in [9.17, 15) is 14.4 Å². The van der Waals surface area contributed by atoms with Crippen molar-refractivity contribution in [2.45, 2.75) is 20.5 Å². The van der Waals surface area contributed by atoms with Crippen molar-refractivity contribution in [3.8, 4) is 5.75 Å². The molecule has 0 aliphatic carbocycles. The molecule has 4 aromatic carbocycles. The predicted octanol–water partition coefficient (Wildman–Crippen LogP) is 7.36. The van der Waals surface area contributed by atoms with Gasteiger partial charge in [-0.25, -0.2) is 0 Å². The quantitative estimate of drug-likeness (QED) is 0.241. The summed E-state index contributed by atoms with van der Waals surface area (Å²) in [5, 5.41) is 4.81. The summed E-state index contributed by atoms with van der Waals surface area (Å²) in [6.45, 7) is 3.79. The van der Waals surface area contributed by atoms with E-state index in [-0.39, 0.29) is 11.4 Å². The lowest BCUT2D eigenvalue weighted by atomic mass is 10.0. The summed E-state index contributed by atoms with van der Waals surface area (Å²) in [4.78, 5) is 40.0. The average molecular weight is 557 g/mol. The molecule has 1 saturated heterocycles. The van der Waals surface area contributed by atoms with Gasteiger partial charge in [-0.15, -0.1) is 0 Å². The first-order valence-electron chi connectivity index (χ1n) is 12.3. The van der Waals surface area contributed by atoms with E-state index in [0.717, 1.165) is 44.1 Å². The summed E-state index contributed by atoms with van der Waals surface area (Å²) in [5.74, 6) is -0.384. The second-order valence-electron chi connectivity index (χ2n) is 9.18. The molecular formula is C31H25ClN2O4S. The monoisotopic (exact) mass is 556 g/mol. The molecule has 0 saturated carbocycles. The van der Waals surface area contributed by atoms with Crippen molar-refractivity contribution in [1.29, 1.82) is 0 Å². The molecule has 8 heteroatoms. The number of benzene rings is 4. The van der Waals surface area contributed by atoms with Gasteiger partial charge in [0.1, 0.15) is 18.9 Å². The zero-order valence-corrected chi connectivity index (χ0v) is 22.9. The van der Waals surface area contributed by atoms with Crippen LogP contribution in [-0.4, -0.2) is 28.5 Å². The molecule has 0 spiro atoms. The number of ether oxygens (including phenoxy) is 1. The minimum absolute atomic E-state index is 0.229. The Morgan fingerprint density at radius 3 is 2.54 bits per heavy atom. The SMILES string of the molecule is Cc1cccc(NC(=O)CN2C(=O)S/C(=C/c3c(OCc4ccc(Cl)cc4)ccc4ccccc34)C2=O)c1C. The van der Waals surface area contributed by atoms with Crippen LogP contribution in [-0.2, 0) is 16.2 Å². The smallest absolute Gasteiger partial charge is 0.294 e. The van der Waals surface area contributed by atoms with Gasteiger partial charge in [0.2, 0.25) is 5.91 Å². The second-order valence-corrected chi connectivity index (χ2v) is 10.6. The molecular weight excluding hydrogens is 532 g/mol. The van der Waals surface area contributed by atoms with Crippen LogP contribution in [0.5, 0.6) is 5.75 Å². The zero-order chi connectivity index (χ0) is 27.5. The standard InChI is InChI=1S/C31H25ClN2O4S/c1-19-6-5-9-26(20(19)2)33-29(35)17-34-30(36)28(39-31(34)37)16-25-24-8-4-3-7-22(24)12-15-27(25)38-18-21-10-13-23(32)14-11-21/h3-16H,17-18H2,1-2H3,(H,33,35)/b28-16+. The van der Waals surface area contributed by atoms with Crippen molar-refractivity contribution in [2.24, 2.45) is 0 Å². The van der Waals surface area contributed by atoms with Crippen LogP contribution in [0.15, 0.2) is 83.8 Å². The number of aryl methyl sites for hydroxylation is 1. The highest BCUT2D eigenvalue weighted by molar-refractivity contribution is 8.18. The number of anilines is 1. The lowest BCUT2D eigenvalue weighted by molar-refractivity contribution is -0.127. The third-order valence-corrected chi connectivity index (χ3v) is 7.73. The minimum Gasteiger partial charge on any atom is -0.488 e. The first-order valence-corrected chi connectivity index (χ1v) is 13.5. The van der Waals surface area contributed by atoms with Crippen molar-refractivity contribution < 1.29 is 19.1 Å². The van der Waals surface area contributed by atoms with Crippen LogP contribution >= 0.6 is 23.4 Å². The first kappa shape index (κ1) is 26.5. The highest BCUT2D eigenvalue weighted by atomic mass is 35.5. The maximum absolute atomic E-state index is 13.3. The van der Waals surface area contributed by atoms with Gasteiger partial charge in [-0.1, -0.05) is 66.2 Å². The molecule has 5 rings (SSSR count). The Hall–Kier alpha value is -4.07. The number of nitrogens with one attached hydrogen (secondary N) is 1. The number of amides is 3. The number of thioether (sulfide) groups is 1. The van der Waals surface area contributed by atoms with E-state index >= 15 is 0 Å². The molecule has 1 aliphatic heterocycles. The van der Waals surface area contributed by atoms with Crippen LogP contribution in [0.1, 0.15) is 22.3 Å². The van der Waals surface area contributed by atoms with Gasteiger partial charge in [-0.05, 0) is 83.4 Å². The maximum atomic E-state index is 13.3. The van der Waals surface area contributed by atoms with Crippen molar-refractivity contribution >= 4 is 63.0 Å². The molecule has 0 radical (unpaired) electrons. The largest absolute Gasteiger partial charge is 0.488 e. The predicted molar refractivity (Wildman–Crippen MR) is 157 cm³/mol. The molecule has 0 atom stereocenters. The van der Waals surface area contributed by atoms with E-state index in [4.69, 9.17) is 16.3 Å². The van der Waals surface area contributed by atoms with Crippen molar-refractivity contribution in [3.05, 3.63) is 111 Å². The fraction of sp³-hybridized carbons (Fsp3) is 0.129. The number of fused-ring (bicyclic) bond motifs is 1. The molecule has 4 aromatic rings. The van der Waals surface area contributed by atoms with Gasteiger partial charge in [-0.3, -0.25) is 19.3 Å². The fourth-order valence-corrected chi connectivity index (χ4v) is 5.23. The summed E-state index contributed by atoms with van der Waals surface area (Å²) in [5.41, 5.74) is 4.25. The zero-order valence-electron chi connectivity index (χ0n) is 21.4. The number of carbonyl (C=O) groups excluding carboxylic acids is 3. The number of rotatable bonds is 7. The summed E-state index contributed by atoms with van der Waals surface area (Å²) >= 11 is 6.81. The Balaban J connectivity index is 1.40. The normalized spacial score (nSPS) is 14.3. The van der Waals surface area contributed by atoms with Crippen LogP contribution in [0.25, 0.3) is 16.8 Å². The minimum atomic E-state index is -0.516. The van der Waals surface area contributed by atoms with E-state index in [0.29, 0.717) is 28.6 Å². The molecule has 0 unspecified atom stereocenters. The Bertz CT molecular complexity index is 1630. The molecule has 0 bridgehead atoms. The number of imide groups is 1. The topological polar surface area (TPSA) is 75.7 Å². The number of nitrogens with zero attached hydrogens (tertiary/aromatic N) is 1. The molecule has 3 amide bonds. The summed E-state index contributed by atoms with van der Waals surface area (Å²) in [6.07, 6.45) is 1.67. The Kier molecular flexibility index (Phi) is 7.72. The second kappa shape index (κ2) is 11.4. The van der Waals surface area contributed by atoms with Crippen LogP contribution in [0.3, 0.4) is 0 Å². The highest BCUT2D eigenvalue weighted by Gasteiger charge is 2.36. The van der Waals surface area contributed by atoms with Gasteiger partial charge < -0.3 is 10.1 Å². The van der Waals surface area contributed by atoms with Crippen LogP contribution in [0.4, 0.5) is 10.5 Å². The molecule has 1 N–H and O–H groups in total. The summed E-state index contributed by atoms with van der Waals surface area (Å²) < 4.78 is 6.15. The third kappa shape index (κ3) is 5.85.